The molecule has 10 nitrogen and oxygen atoms in total. The van der Waals surface area contributed by atoms with Gasteiger partial charge < -0.3 is 25.4 Å². The summed E-state index contributed by atoms with van der Waals surface area (Å²) in [6, 6.07) is 13.2. The lowest BCUT2D eigenvalue weighted by atomic mass is 9.96. The van der Waals surface area contributed by atoms with Crippen LogP contribution in [-0.2, 0) is 23.0 Å². The van der Waals surface area contributed by atoms with Crippen LogP contribution in [0.25, 0.3) is 11.3 Å². The number of nitrogens with zero attached hydrogens (tertiary/aromatic N) is 3. The zero-order chi connectivity index (χ0) is 25.4. The van der Waals surface area contributed by atoms with Crippen LogP contribution in [0.1, 0.15) is 22.9 Å². The second kappa shape index (κ2) is 9.32. The van der Waals surface area contributed by atoms with Crippen LogP contribution in [0, 0.1) is 0 Å². The highest BCUT2D eigenvalue weighted by Gasteiger charge is 2.31. The number of hydrogen-bond acceptors (Lipinski definition) is 9. The van der Waals surface area contributed by atoms with Crippen LogP contribution >= 0.6 is 0 Å². The number of pyridine rings is 1. The Kier molecular flexibility index (Phi) is 6.19. The molecule has 11 heteroatoms. The summed E-state index contributed by atoms with van der Waals surface area (Å²) >= 11 is 0. The fourth-order valence-electron chi connectivity index (χ4n) is 4.78. The van der Waals surface area contributed by atoms with Gasteiger partial charge in [0.2, 0.25) is 16.0 Å². The molecule has 0 fully saturated rings. The lowest BCUT2D eigenvalue weighted by Gasteiger charge is -2.36. The molecule has 36 heavy (non-hydrogen) atoms. The molecule has 0 aliphatic carbocycles. The van der Waals surface area contributed by atoms with Crippen molar-refractivity contribution in [3.63, 3.8) is 0 Å². The fraction of sp³-hybridized carbons (Fsp3) is 0.280. The van der Waals surface area contributed by atoms with Gasteiger partial charge in [-0.05, 0) is 35.7 Å². The van der Waals surface area contributed by atoms with Crippen LogP contribution in [-0.4, -0.2) is 51.3 Å². The second-order valence-electron chi connectivity index (χ2n) is 8.67. The molecule has 3 heterocycles. The summed E-state index contributed by atoms with van der Waals surface area (Å²) in [5.74, 6) is 1.74. The summed E-state index contributed by atoms with van der Waals surface area (Å²) in [6.07, 6.45) is 2.87. The number of nitrogens with two attached hydrogens (primary N) is 1. The number of aromatic nitrogens is 1. The van der Waals surface area contributed by atoms with Crippen LogP contribution in [0.4, 0.5) is 11.4 Å². The van der Waals surface area contributed by atoms with Crippen LogP contribution in [0.3, 0.4) is 0 Å². The topological polar surface area (TPSA) is 131 Å². The Bertz CT molecular complexity index is 1440. The molecule has 2 aromatic carbocycles. The minimum Gasteiger partial charge on any atom is -0.493 e. The number of nitrogens with one attached hydrogen (secondary N) is 2. The molecule has 1 aromatic heterocycles. The van der Waals surface area contributed by atoms with E-state index in [0.29, 0.717) is 48.4 Å². The van der Waals surface area contributed by atoms with Gasteiger partial charge in [0.1, 0.15) is 6.17 Å². The van der Waals surface area contributed by atoms with Crippen molar-refractivity contribution in [3.8, 4) is 22.8 Å². The number of sulfonamides is 1. The van der Waals surface area contributed by atoms with Crippen molar-refractivity contribution in [2.24, 2.45) is 10.7 Å². The quantitative estimate of drug-likeness (QED) is 0.479. The van der Waals surface area contributed by atoms with Gasteiger partial charge in [0.25, 0.3) is 0 Å². The van der Waals surface area contributed by atoms with E-state index in [1.165, 1.54) is 0 Å². The molecule has 0 spiro atoms. The molecule has 4 N–H and O–H groups in total. The summed E-state index contributed by atoms with van der Waals surface area (Å²) < 4.78 is 37.6. The molecule has 1 atom stereocenters. The summed E-state index contributed by atoms with van der Waals surface area (Å²) in [5.41, 5.74) is 12.2. The molecule has 0 saturated heterocycles. The van der Waals surface area contributed by atoms with E-state index < -0.39 is 16.2 Å². The van der Waals surface area contributed by atoms with Gasteiger partial charge in [-0.1, -0.05) is 18.2 Å². The molecule has 188 valence electrons. The molecule has 0 amide bonds. The number of hydrogen-bond donors (Lipinski definition) is 3. The number of anilines is 2. The molecular formula is C25H28N6O4S. The second-order valence-corrected chi connectivity index (χ2v) is 10.4. The van der Waals surface area contributed by atoms with Crippen LogP contribution in [0.5, 0.6) is 11.5 Å². The first-order valence-corrected chi connectivity index (χ1v) is 13.3. The minimum atomic E-state index is -3.37. The van der Waals surface area contributed by atoms with Crippen LogP contribution in [0.15, 0.2) is 53.7 Å². The predicted octanol–water partition coefficient (Wildman–Crippen LogP) is 2.93. The number of methoxy groups -OCH3 is 2. The number of fused-ring (bicyclic) bond motifs is 2. The van der Waals surface area contributed by atoms with Crippen molar-refractivity contribution in [2.75, 3.05) is 37.1 Å². The molecule has 5 rings (SSSR count). The Balaban J connectivity index is 1.51. The average molecular weight is 509 g/mol. The molecule has 2 aliphatic rings. The SMILES string of the molecule is COc1cc2c(c(-c3ccccn3)c1OC)C(N)N=C(N1CCc3c(cccc3NS(C)(=O)=O)C1)N2. The third-order valence-electron chi connectivity index (χ3n) is 6.30. The average Bonchev–Trinajstić information content (AvgIpc) is 2.87. The first-order chi connectivity index (χ1) is 17.3. The smallest absolute Gasteiger partial charge is 0.229 e. The normalized spacial score (nSPS) is 16.8. The van der Waals surface area contributed by atoms with Gasteiger partial charge in [-0.2, -0.15) is 0 Å². The highest BCUT2D eigenvalue weighted by atomic mass is 32.2. The van der Waals surface area contributed by atoms with Crippen molar-refractivity contribution >= 4 is 27.4 Å². The van der Waals surface area contributed by atoms with Gasteiger partial charge >= 0.3 is 0 Å². The Morgan fingerprint density at radius 3 is 2.69 bits per heavy atom. The number of aliphatic imine (C=N–C) groups is 1. The number of benzene rings is 2. The maximum Gasteiger partial charge on any atom is 0.229 e. The number of guanidine groups is 1. The molecule has 2 aliphatic heterocycles. The van der Waals surface area contributed by atoms with Crippen LogP contribution < -0.4 is 25.2 Å². The molecule has 0 saturated carbocycles. The Labute approximate surface area is 210 Å². The maximum absolute atomic E-state index is 11.8. The van der Waals surface area contributed by atoms with Crippen molar-refractivity contribution in [3.05, 3.63) is 65.4 Å². The third kappa shape index (κ3) is 4.42. The maximum atomic E-state index is 11.8. The molecule has 3 aromatic rings. The van der Waals surface area contributed by atoms with Crippen molar-refractivity contribution < 1.29 is 17.9 Å². The third-order valence-corrected chi connectivity index (χ3v) is 6.89. The Hall–Kier alpha value is -3.83. The highest BCUT2D eigenvalue weighted by Crippen LogP contribution is 2.47. The zero-order valence-corrected chi connectivity index (χ0v) is 21.1. The van der Waals surface area contributed by atoms with Gasteiger partial charge in [0.05, 0.1) is 43.1 Å². The van der Waals surface area contributed by atoms with Crippen molar-refractivity contribution in [2.45, 2.75) is 19.1 Å². The molecule has 1 unspecified atom stereocenters. The van der Waals surface area contributed by atoms with Gasteiger partial charge in [-0.3, -0.25) is 9.71 Å². The first kappa shape index (κ1) is 23.9. The lowest BCUT2D eigenvalue weighted by molar-refractivity contribution is 0.355. The van der Waals surface area contributed by atoms with Gasteiger partial charge in [-0.25, -0.2) is 13.4 Å². The van der Waals surface area contributed by atoms with E-state index >= 15 is 0 Å². The van der Waals surface area contributed by atoms with Crippen molar-refractivity contribution in [1.82, 2.24) is 9.88 Å². The predicted molar refractivity (Wildman–Crippen MR) is 140 cm³/mol. The summed E-state index contributed by atoms with van der Waals surface area (Å²) in [7, 11) is -0.189. The first-order valence-electron chi connectivity index (χ1n) is 11.4. The molecular weight excluding hydrogens is 480 g/mol. The van der Waals surface area contributed by atoms with E-state index in [9.17, 15) is 8.42 Å². The lowest BCUT2D eigenvalue weighted by Crippen LogP contribution is -2.42. The number of rotatable bonds is 5. The van der Waals surface area contributed by atoms with Gasteiger partial charge in [0, 0.05) is 30.9 Å². The van der Waals surface area contributed by atoms with E-state index in [-0.39, 0.29) is 0 Å². The zero-order valence-electron chi connectivity index (χ0n) is 20.3. The van der Waals surface area contributed by atoms with E-state index in [1.54, 1.807) is 26.5 Å². The van der Waals surface area contributed by atoms with E-state index in [2.05, 4.69) is 19.9 Å². The summed E-state index contributed by atoms with van der Waals surface area (Å²) in [4.78, 5) is 11.4. The summed E-state index contributed by atoms with van der Waals surface area (Å²) in [5, 5.41) is 3.44. The van der Waals surface area contributed by atoms with E-state index in [1.807, 2.05) is 36.4 Å². The Morgan fingerprint density at radius 1 is 1.17 bits per heavy atom. The fourth-order valence-corrected chi connectivity index (χ4v) is 5.37. The van der Waals surface area contributed by atoms with Gasteiger partial charge in [0.15, 0.2) is 11.5 Å². The molecule has 0 bridgehead atoms. The van der Waals surface area contributed by atoms with E-state index in [0.717, 1.165) is 34.2 Å². The number of ether oxygens (including phenoxy) is 2. The van der Waals surface area contributed by atoms with Crippen LogP contribution in [0.2, 0.25) is 0 Å². The monoisotopic (exact) mass is 508 g/mol. The van der Waals surface area contributed by atoms with E-state index in [4.69, 9.17) is 20.2 Å². The summed E-state index contributed by atoms with van der Waals surface area (Å²) in [6.45, 7) is 1.20. The minimum absolute atomic E-state index is 0.545. The standard InChI is InChI=1S/C25H28N6O4S/c1-34-20-13-19-22(21(23(20)35-2)18-8-4-5-11-27-18)24(26)29-25(28-19)31-12-10-16-15(14-31)7-6-9-17(16)30-36(3,32)33/h4-9,11,13,24,30H,10,12,14,26H2,1-3H3,(H,28,29). The highest BCUT2D eigenvalue weighted by molar-refractivity contribution is 7.92. The molecule has 0 radical (unpaired) electrons. The van der Waals surface area contributed by atoms with Crippen molar-refractivity contribution in [1.29, 1.82) is 0 Å². The Morgan fingerprint density at radius 2 is 2.00 bits per heavy atom. The largest absolute Gasteiger partial charge is 0.493 e. The van der Waals surface area contributed by atoms with Gasteiger partial charge in [-0.15, -0.1) is 0 Å².